The monoisotopic (exact) mass is 396 g/mol. The van der Waals surface area contributed by atoms with Crippen molar-refractivity contribution in [1.82, 2.24) is 9.55 Å². The van der Waals surface area contributed by atoms with Gasteiger partial charge in [0, 0.05) is 40.1 Å². The second-order valence-electron chi connectivity index (χ2n) is 5.36. The van der Waals surface area contributed by atoms with Gasteiger partial charge in [-0.15, -0.1) is 0 Å². The van der Waals surface area contributed by atoms with Crippen LogP contribution in [-0.2, 0) is 13.2 Å². The molecule has 2 aromatic carbocycles. The number of ether oxygens (including phenoxy) is 2. The first kappa shape index (κ1) is 17.9. The average Bonchev–Trinajstić information content (AvgIpc) is 2.98. The predicted octanol–water partition coefficient (Wildman–Crippen LogP) is 5.48. The first-order valence-electron chi connectivity index (χ1n) is 7.46. The Morgan fingerprint density at radius 1 is 0.920 bits per heavy atom. The summed E-state index contributed by atoms with van der Waals surface area (Å²) in [7, 11) is 1.58. The van der Waals surface area contributed by atoms with Crippen LogP contribution in [0.1, 0.15) is 11.4 Å². The Balaban J connectivity index is 1.73. The molecule has 0 aliphatic heterocycles. The summed E-state index contributed by atoms with van der Waals surface area (Å²) in [6.45, 7) is 0.892. The lowest BCUT2D eigenvalue weighted by Crippen LogP contribution is -2.08. The van der Waals surface area contributed by atoms with Gasteiger partial charge in [-0.25, -0.2) is 4.98 Å². The van der Waals surface area contributed by atoms with Crippen LogP contribution in [0.3, 0.4) is 0 Å². The second kappa shape index (κ2) is 8.00. The van der Waals surface area contributed by atoms with Gasteiger partial charge in [-0.3, -0.25) is 0 Å². The number of nitrogens with zero attached hydrogens (tertiary/aromatic N) is 2. The zero-order valence-corrected chi connectivity index (χ0v) is 15.6. The molecular weight excluding hydrogens is 383 g/mol. The average molecular weight is 398 g/mol. The summed E-state index contributed by atoms with van der Waals surface area (Å²) < 4.78 is 13.0. The molecule has 1 aromatic heterocycles. The molecule has 0 amide bonds. The van der Waals surface area contributed by atoms with Crippen LogP contribution in [0.5, 0.6) is 11.5 Å². The molecule has 0 N–H and O–H groups in total. The molecule has 0 atom stereocenters. The van der Waals surface area contributed by atoms with Crippen molar-refractivity contribution in [2.24, 2.45) is 0 Å². The highest BCUT2D eigenvalue weighted by molar-refractivity contribution is 6.34. The van der Waals surface area contributed by atoms with E-state index < -0.39 is 0 Å². The maximum Gasteiger partial charge on any atom is 0.147 e. The Morgan fingerprint density at radius 2 is 1.60 bits per heavy atom. The van der Waals surface area contributed by atoms with Gasteiger partial charge in [0.05, 0.1) is 7.11 Å². The fourth-order valence-corrected chi connectivity index (χ4v) is 3.20. The molecule has 0 fully saturated rings. The molecule has 0 unspecified atom stereocenters. The Labute approximate surface area is 160 Å². The van der Waals surface area contributed by atoms with E-state index in [1.807, 2.05) is 22.9 Å². The molecule has 1 heterocycles. The van der Waals surface area contributed by atoms with E-state index in [0.29, 0.717) is 39.7 Å². The summed E-state index contributed by atoms with van der Waals surface area (Å²) >= 11 is 18.2. The number of imidazole rings is 1. The highest BCUT2D eigenvalue weighted by Gasteiger charge is 2.08. The molecule has 0 aliphatic rings. The number of aromatic nitrogens is 2. The maximum atomic E-state index is 6.06. The van der Waals surface area contributed by atoms with Crippen molar-refractivity contribution in [2.75, 3.05) is 7.11 Å². The van der Waals surface area contributed by atoms with Crippen LogP contribution in [0.15, 0.2) is 48.8 Å². The van der Waals surface area contributed by atoms with Crippen LogP contribution in [-0.4, -0.2) is 16.7 Å². The van der Waals surface area contributed by atoms with Crippen molar-refractivity contribution < 1.29 is 9.47 Å². The van der Waals surface area contributed by atoms with Crippen molar-refractivity contribution in [3.8, 4) is 11.5 Å². The normalized spacial score (nSPS) is 10.7. The molecule has 7 heteroatoms. The minimum Gasteiger partial charge on any atom is -0.497 e. The largest absolute Gasteiger partial charge is 0.497 e. The Morgan fingerprint density at radius 3 is 2.32 bits per heavy atom. The third-order valence-electron chi connectivity index (χ3n) is 3.53. The van der Waals surface area contributed by atoms with Crippen molar-refractivity contribution in [3.05, 3.63) is 75.2 Å². The zero-order valence-electron chi connectivity index (χ0n) is 13.4. The fourth-order valence-electron chi connectivity index (χ4n) is 2.41. The van der Waals surface area contributed by atoms with Gasteiger partial charge in [0.2, 0.25) is 0 Å². The van der Waals surface area contributed by atoms with Crippen molar-refractivity contribution >= 4 is 34.8 Å². The Hall–Kier alpha value is -1.88. The van der Waals surface area contributed by atoms with Crippen molar-refractivity contribution in [1.29, 1.82) is 0 Å². The molecular formula is C18H15Cl3N2O2. The van der Waals surface area contributed by atoms with E-state index in [1.165, 1.54) is 0 Å². The third-order valence-corrected chi connectivity index (χ3v) is 4.18. The number of rotatable bonds is 6. The van der Waals surface area contributed by atoms with Gasteiger partial charge in [-0.1, -0.05) is 34.8 Å². The molecule has 25 heavy (non-hydrogen) atoms. The molecule has 3 rings (SSSR count). The molecule has 130 valence electrons. The smallest absolute Gasteiger partial charge is 0.147 e. The quantitative estimate of drug-likeness (QED) is 0.552. The highest BCUT2D eigenvalue weighted by atomic mass is 35.5. The Bertz CT molecular complexity index is 860. The third kappa shape index (κ3) is 4.82. The van der Waals surface area contributed by atoms with Gasteiger partial charge in [0.1, 0.15) is 23.9 Å². The van der Waals surface area contributed by atoms with Crippen LogP contribution in [0.2, 0.25) is 15.1 Å². The standard InChI is InChI=1S/C18H15Cl3N2O2/c1-24-16-7-15(21)8-17(9-16)25-11-18-22-2-3-23(18)10-12-4-13(19)6-14(20)5-12/h2-9H,10-11H2,1H3. The molecule has 3 aromatic rings. The van der Waals surface area contributed by atoms with Crippen LogP contribution in [0, 0.1) is 0 Å². The first-order valence-corrected chi connectivity index (χ1v) is 8.59. The highest BCUT2D eigenvalue weighted by Crippen LogP contribution is 2.26. The second-order valence-corrected chi connectivity index (χ2v) is 6.67. The van der Waals surface area contributed by atoms with E-state index in [0.717, 1.165) is 11.4 Å². The van der Waals surface area contributed by atoms with Crippen LogP contribution < -0.4 is 9.47 Å². The summed E-state index contributed by atoms with van der Waals surface area (Å²) in [5.74, 6) is 2.03. The SMILES string of the molecule is COc1cc(Cl)cc(OCc2nccn2Cc2cc(Cl)cc(Cl)c2)c1. The molecule has 0 bridgehead atoms. The number of hydrogen-bond donors (Lipinski definition) is 0. The van der Waals surface area contributed by atoms with Gasteiger partial charge in [-0.2, -0.15) is 0 Å². The summed E-state index contributed by atoms with van der Waals surface area (Å²) in [6, 6.07) is 10.7. The summed E-state index contributed by atoms with van der Waals surface area (Å²) in [5.41, 5.74) is 0.987. The predicted molar refractivity (Wildman–Crippen MR) is 100 cm³/mol. The molecule has 4 nitrogen and oxygen atoms in total. The van der Waals surface area contributed by atoms with Crippen molar-refractivity contribution in [2.45, 2.75) is 13.2 Å². The number of halogens is 3. The van der Waals surface area contributed by atoms with Crippen LogP contribution in [0.25, 0.3) is 0 Å². The number of hydrogen-bond acceptors (Lipinski definition) is 3. The van der Waals surface area contributed by atoms with E-state index in [-0.39, 0.29) is 0 Å². The number of benzene rings is 2. The van der Waals surface area contributed by atoms with Gasteiger partial charge >= 0.3 is 0 Å². The summed E-state index contributed by atoms with van der Waals surface area (Å²) in [5, 5.41) is 1.75. The number of methoxy groups -OCH3 is 1. The van der Waals surface area contributed by atoms with Gasteiger partial charge in [0.15, 0.2) is 0 Å². The lowest BCUT2D eigenvalue weighted by molar-refractivity contribution is 0.288. The minimum atomic E-state index is 0.296. The van der Waals surface area contributed by atoms with E-state index >= 15 is 0 Å². The first-order chi connectivity index (χ1) is 12.0. The summed E-state index contributed by atoms with van der Waals surface area (Å²) in [4.78, 5) is 4.35. The molecule has 0 radical (unpaired) electrons. The molecule has 0 aliphatic carbocycles. The fraction of sp³-hybridized carbons (Fsp3) is 0.167. The lowest BCUT2D eigenvalue weighted by atomic mass is 10.2. The molecule has 0 saturated carbocycles. The maximum absolute atomic E-state index is 6.06. The van der Waals surface area contributed by atoms with Gasteiger partial charge in [-0.05, 0) is 35.9 Å². The van der Waals surface area contributed by atoms with Gasteiger partial charge < -0.3 is 14.0 Å². The molecule has 0 saturated heterocycles. The summed E-state index contributed by atoms with van der Waals surface area (Å²) in [6.07, 6.45) is 3.61. The van der Waals surface area contributed by atoms with Crippen molar-refractivity contribution in [3.63, 3.8) is 0 Å². The van der Waals surface area contributed by atoms with E-state index in [2.05, 4.69) is 4.98 Å². The van der Waals surface area contributed by atoms with E-state index in [1.54, 1.807) is 37.6 Å². The lowest BCUT2D eigenvalue weighted by Gasteiger charge is -2.11. The zero-order chi connectivity index (χ0) is 17.8. The molecule has 0 spiro atoms. The minimum absolute atomic E-state index is 0.296. The topological polar surface area (TPSA) is 36.3 Å². The van der Waals surface area contributed by atoms with Gasteiger partial charge in [0.25, 0.3) is 0 Å². The van der Waals surface area contributed by atoms with Crippen LogP contribution in [0.4, 0.5) is 0 Å². The van der Waals surface area contributed by atoms with E-state index in [4.69, 9.17) is 44.3 Å². The van der Waals surface area contributed by atoms with Crippen LogP contribution >= 0.6 is 34.8 Å². The Kier molecular flexibility index (Phi) is 5.74. The van der Waals surface area contributed by atoms with E-state index in [9.17, 15) is 0 Å².